The number of amides is 1. The molecule has 0 saturated carbocycles. The predicted molar refractivity (Wildman–Crippen MR) is 97.6 cm³/mol. The fraction of sp³-hybridized carbons (Fsp3) is 0.200. The van der Waals surface area contributed by atoms with Gasteiger partial charge in [0, 0.05) is 11.5 Å². The lowest BCUT2D eigenvalue weighted by Crippen LogP contribution is -2.30. The van der Waals surface area contributed by atoms with Gasteiger partial charge in [-0.3, -0.25) is 14.2 Å². The highest BCUT2D eigenvalue weighted by atomic mass is 16.7. The number of carbonyl (C=O) groups excluding carboxylic acids is 2. The van der Waals surface area contributed by atoms with Crippen LogP contribution in [0.15, 0.2) is 54.6 Å². The highest BCUT2D eigenvalue weighted by Gasteiger charge is 2.40. The standard InChI is InChI=1S/C20H18N2O5/c1-25-15-9-8-13-10-17-18(12-19(23)27-14-6-4-3-5-7-14)22(26-2)20(24)21(17)16(13)11-15/h3-11,18H,12H2,1-2H3. The number of rotatable bonds is 5. The number of esters is 1. The van der Waals surface area contributed by atoms with Gasteiger partial charge < -0.3 is 9.47 Å². The second kappa shape index (κ2) is 6.77. The van der Waals surface area contributed by atoms with Crippen LogP contribution in [0.5, 0.6) is 11.5 Å². The second-order valence-corrected chi connectivity index (χ2v) is 6.13. The molecule has 2 aromatic carbocycles. The van der Waals surface area contributed by atoms with E-state index in [4.69, 9.17) is 14.3 Å². The summed E-state index contributed by atoms with van der Waals surface area (Å²) in [4.78, 5) is 30.5. The molecule has 2 heterocycles. The molecule has 27 heavy (non-hydrogen) atoms. The Morgan fingerprint density at radius 3 is 2.52 bits per heavy atom. The molecule has 0 aliphatic carbocycles. The number of ether oxygens (including phenoxy) is 2. The molecule has 7 heteroatoms. The quantitative estimate of drug-likeness (QED) is 0.510. The molecule has 4 rings (SSSR count). The first-order chi connectivity index (χ1) is 13.1. The van der Waals surface area contributed by atoms with Crippen LogP contribution < -0.4 is 9.47 Å². The summed E-state index contributed by atoms with van der Waals surface area (Å²) in [5.41, 5.74) is 1.38. The molecular formula is C20H18N2O5. The van der Waals surface area contributed by atoms with Gasteiger partial charge in [0.05, 0.1) is 31.9 Å². The summed E-state index contributed by atoms with van der Waals surface area (Å²) in [6.07, 6.45) is -0.0259. The van der Waals surface area contributed by atoms with Crippen molar-refractivity contribution in [1.82, 2.24) is 9.63 Å². The molecule has 138 valence electrons. The fourth-order valence-electron chi connectivity index (χ4n) is 3.35. The Hall–Kier alpha value is -3.32. The number of hydrogen-bond donors (Lipinski definition) is 0. The largest absolute Gasteiger partial charge is 0.497 e. The van der Waals surface area contributed by atoms with Gasteiger partial charge in [-0.15, -0.1) is 0 Å². The predicted octanol–water partition coefficient (Wildman–Crippen LogP) is 3.53. The Morgan fingerprint density at radius 2 is 1.81 bits per heavy atom. The molecule has 1 aliphatic rings. The van der Waals surface area contributed by atoms with Crippen molar-refractivity contribution in [3.05, 3.63) is 60.3 Å². The number of aromatic nitrogens is 1. The van der Waals surface area contributed by atoms with Crippen molar-refractivity contribution in [3.8, 4) is 11.5 Å². The van der Waals surface area contributed by atoms with E-state index in [9.17, 15) is 9.59 Å². The van der Waals surface area contributed by atoms with Gasteiger partial charge >= 0.3 is 12.0 Å². The van der Waals surface area contributed by atoms with Gasteiger partial charge in [0.1, 0.15) is 17.5 Å². The van der Waals surface area contributed by atoms with Crippen molar-refractivity contribution in [1.29, 1.82) is 0 Å². The van der Waals surface area contributed by atoms with Crippen LogP contribution in [0.3, 0.4) is 0 Å². The number of hydrogen-bond acceptors (Lipinski definition) is 5. The maximum Gasteiger partial charge on any atom is 0.353 e. The van der Waals surface area contributed by atoms with E-state index in [2.05, 4.69) is 0 Å². The minimum absolute atomic E-state index is 0.0259. The fourth-order valence-corrected chi connectivity index (χ4v) is 3.35. The van der Waals surface area contributed by atoms with Crippen LogP contribution in [0.4, 0.5) is 4.79 Å². The maximum atomic E-state index is 12.8. The number of benzene rings is 2. The van der Waals surface area contributed by atoms with Gasteiger partial charge in [-0.2, -0.15) is 5.06 Å². The van der Waals surface area contributed by atoms with Gasteiger partial charge in [0.2, 0.25) is 0 Å². The maximum absolute atomic E-state index is 12.8. The zero-order valence-corrected chi connectivity index (χ0v) is 14.9. The molecule has 0 fully saturated rings. The molecule has 1 atom stereocenters. The van der Waals surface area contributed by atoms with E-state index < -0.39 is 12.0 Å². The molecule has 0 bridgehead atoms. The van der Waals surface area contributed by atoms with Crippen molar-refractivity contribution >= 4 is 22.9 Å². The monoisotopic (exact) mass is 366 g/mol. The summed E-state index contributed by atoms with van der Waals surface area (Å²) >= 11 is 0. The summed E-state index contributed by atoms with van der Waals surface area (Å²) in [6, 6.07) is 15.3. The summed E-state index contributed by atoms with van der Waals surface area (Å²) in [6.45, 7) is 0. The van der Waals surface area contributed by atoms with E-state index in [-0.39, 0.29) is 12.5 Å². The summed E-state index contributed by atoms with van der Waals surface area (Å²) in [7, 11) is 2.98. The van der Waals surface area contributed by atoms with Crippen LogP contribution >= 0.6 is 0 Å². The molecule has 1 aliphatic heterocycles. The van der Waals surface area contributed by atoms with E-state index >= 15 is 0 Å². The minimum atomic E-state index is -0.572. The van der Waals surface area contributed by atoms with Gasteiger partial charge in [0.25, 0.3) is 0 Å². The van der Waals surface area contributed by atoms with Gasteiger partial charge in [-0.1, -0.05) is 18.2 Å². The SMILES string of the molecule is COc1ccc2cc3n(c2c1)C(=O)N(OC)C3CC(=O)Oc1ccccc1. The third kappa shape index (κ3) is 2.92. The van der Waals surface area contributed by atoms with Gasteiger partial charge in [-0.25, -0.2) is 4.79 Å². The molecule has 0 saturated heterocycles. The lowest BCUT2D eigenvalue weighted by Gasteiger charge is -2.20. The topological polar surface area (TPSA) is 70.0 Å². The summed E-state index contributed by atoms with van der Waals surface area (Å²) in [5.74, 6) is 0.658. The lowest BCUT2D eigenvalue weighted by molar-refractivity contribution is -0.143. The highest BCUT2D eigenvalue weighted by molar-refractivity contribution is 5.96. The van der Waals surface area contributed by atoms with Crippen LogP contribution in [0.2, 0.25) is 0 Å². The van der Waals surface area contributed by atoms with Crippen LogP contribution in [0, 0.1) is 0 Å². The molecule has 0 spiro atoms. The first kappa shape index (κ1) is 17.1. The third-order valence-electron chi connectivity index (χ3n) is 4.58. The zero-order chi connectivity index (χ0) is 19.0. The number of carbonyl (C=O) groups is 2. The van der Waals surface area contributed by atoms with Crippen LogP contribution in [0.25, 0.3) is 10.9 Å². The smallest absolute Gasteiger partial charge is 0.353 e. The number of hydroxylamine groups is 2. The van der Waals surface area contributed by atoms with E-state index in [0.29, 0.717) is 22.7 Å². The van der Waals surface area contributed by atoms with Gasteiger partial charge in [-0.05, 0) is 30.3 Å². The number of fused-ring (bicyclic) bond motifs is 3. The average molecular weight is 366 g/mol. The number of methoxy groups -OCH3 is 1. The van der Waals surface area contributed by atoms with Crippen LogP contribution in [0.1, 0.15) is 18.2 Å². The van der Waals surface area contributed by atoms with E-state index in [1.807, 2.05) is 24.3 Å². The lowest BCUT2D eigenvalue weighted by atomic mass is 10.1. The highest BCUT2D eigenvalue weighted by Crippen LogP contribution is 2.38. The first-order valence-corrected chi connectivity index (χ1v) is 8.45. The Bertz CT molecular complexity index is 1010. The zero-order valence-electron chi connectivity index (χ0n) is 14.9. The molecule has 7 nitrogen and oxygen atoms in total. The Balaban J connectivity index is 1.67. The van der Waals surface area contributed by atoms with E-state index in [1.165, 1.54) is 12.2 Å². The first-order valence-electron chi connectivity index (χ1n) is 8.45. The number of para-hydroxylation sites is 1. The Labute approximate surface area is 155 Å². The van der Waals surface area contributed by atoms with Crippen molar-refractivity contribution in [2.45, 2.75) is 12.5 Å². The molecule has 1 aromatic heterocycles. The average Bonchev–Trinajstić information content (AvgIpc) is 3.17. The normalized spacial score (nSPS) is 15.9. The van der Waals surface area contributed by atoms with Crippen molar-refractivity contribution in [2.24, 2.45) is 0 Å². The second-order valence-electron chi connectivity index (χ2n) is 6.13. The van der Waals surface area contributed by atoms with E-state index in [0.717, 1.165) is 5.39 Å². The van der Waals surface area contributed by atoms with E-state index in [1.54, 1.807) is 42.0 Å². The molecule has 0 radical (unpaired) electrons. The summed E-state index contributed by atoms with van der Waals surface area (Å²) in [5, 5.41) is 2.08. The summed E-state index contributed by atoms with van der Waals surface area (Å²) < 4.78 is 12.2. The van der Waals surface area contributed by atoms with Crippen molar-refractivity contribution in [3.63, 3.8) is 0 Å². The minimum Gasteiger partial charge on any atom is -0.497 e. The van der Waals surface area contributed by atoms with Crippen molar-refractivity contribution in [2.75, 3.05) is 14.2 Å². The Kier molecular flexibility index (Phi) is 4.29. The molecule has 0 N–H and O–H groups in total. The third-order valence-corrected chi connectivity index (χ3v) is 4.58. The molecule has 1 amide bonds. The molecule has 1 unspecified atom stereocenters. The van der Waals surface area contributed by atoms with Gasteiger partial charge in [0.15, 0.2) is 0 Å². The Morgan fingerprint density at radius 1 is 1.04 bits per heavy atom. The molecular weight excluding hydrogens is 348 g/mol. The van der Waals surface area contributed by atoms with Crippen LogP contribution in [-0.4, -0.2) is 35.9 Å². The number of nitrogens with zero attached hydrogens (tertiary/aromatic N) is 2. The van der Waals surface area contributed by atoms with Crippen LogP contribution in [-0.2, 0) is 9.63 Å². The molecule has 3 aromatic rings. The van der Waals surface area contributed by atoms with Crippen molar-refractivity contribution < 1.29 is 23.9 Å².